The number of carbonyl (C=O) groups excluding carboxylic acids is 2. The Kier molecular flexibility index (Phi) is 6.16. The molecule has 0 aromatic rings. The largest absolute Gasteiger partial charge is 0.471 e. The summed E-state index contributed by atoms with van der Waals surface area (Å²) in [5, 5.41) is 30.3. The second-order valence-corrected chi connectivity index (χ2v) is 6.51. The fraction of sp³-hybridized carbons (Fsp3) is 0.556. The van der Waals surface area contributed by atoms with Crippen molar-refractivity contribution in [3.8, 4) is 0 Å². The maximum absolute atomic E-state index is 11.8. The molecule has 0 aromatic heterocycles. The molecule has 1 fully saturated rings. The summed E-state index contributed by atoms with van der Waals surface area (Å²) in [5.74, 6) is -1.69. The van der Waals surface area contributed by atoms with Gasteiger partial charge in [0, 0.05) is 6.92 Å². The molecule has 3 aliphatic rings. The Morgan fingerprint density at radius 2 is 2.04 bits per heavy atom. The third-order valence-electron chi connectivity index (χ3n) is 4.66. The van der Waals surface area contributed by atoms with Crippen LogP contribution in [0.5, 0.6) is 0 Å². The second-order valence-electron chi connectivity index (χ2n) is 6.51. The molecule has 10 nitrogen and oxygen atoms in total. The highest BCUT2D eigenvalue weighted by Crippen LogP contribution is 2.35. The van der Waals surface area contributed by atoms with Gasteiger partial charge in [-0.15, -0.1) is 6.58 Å². The van der Waals surface area contributed by atoms with E-state index in [2.05, 4.69) is 6.58 Å². The Morgan fingerprint density at radius 3 is 2.71 bits per heavy atom. The van der Waals surface area contributed by atoms with Crippen molar-refractivity contribution in [2.45, 2.75) is 43.9 Å². The highest BCUT2D eigenvalue weighted by Gasteiger charge is 2.47. The second kappa shape index (κ2) is 8.41. The van der Waals surface area contributed by atoms with Gasteiger partial charge in [0.2, 0.25) is 6.29 Å². The summed E-state index contributed by atoms with van der Waals surface area (Å²) < 4.78 is 26.3. The fourth-order valence-corrected chi connectivity index (χ4v) is 3.16. The van der Waals surface area contributed by atoms with Crippen molar-refractivity contribution in [1.29, 1.82) is 0 Å². The van der Waals surface area contributed by atoms with E-state index in [1.54, 1.807) is 6.08 Å². The molecule has 3 heterocycles. The third kappa shape index (κ3) is 3.96. The molecule has 154 valence electrons. The molecular weight excluding hydrogens is 376 g/mol. The topological polar surface area (TPSA) is 141 Å². The summed E-state index contributed by atoms with van der Waals surface area (Å²) in [5.41, 5.74) is 0.842. The first-order valence-electron chi connectivity index (χ1n) is 8.67. The molecule has 0 radical (unpaired) electrons. The predicted octanol–water partition coefficient (Wildman–Crippen LogP) is -1.10. The van der Waals surface area contributed by atoms with E-state index in [9.17, 15) is 24.9 Å². The number of hydrogen-bond acceptors (Lipinski definition) is 10. The smallest absolute Gasteiger partial charge is 0.341 e. The van der Waals surface area contributed by atoms with Gasteiger partial charge < -0.3 is 39.0 Å². The van der Waals surface area contributed by atoms with Crippen molar-refractivity contribution >= 4 is 11.9 Å². The number of aliphatic hydroxyl groups is 3. The number of ether oxygens (including phenoxy) is 5. The van der Waals surface area contributed by atoms with Crippen LogP contribution in [0.1, 0.15) is 6.92 Å². The van der Waals surface area contributed by atoms with Gasteiger partial charge in [-0.3, -0.25) is 4.79 Å². The van der Waals surface area contributed by atoms with Crippen LogP contribution >= 0.6 is 0 Å². The van der Waals surface area contributed by atoms with Crippen LogP contribution in [-0.4, -0.2) is 77.5 Å². The van der Waals surface area contributed by atoms with E-state index in [0.29, 0.717) is 5.57 Å². The van der Waals surface area contributed by atoms with Crippen molar-refractivity contribution in [3.63, 3.8) is 0 Å². The Morgan fingerprint density at radius 1 is 1.29 bits per heavy atom. The Bertz CT molecular complexity index is 698. The zero-order chi connectivity index (χ0) is 20.4. The molecule has 28 heavy (non-hydrogen) atoms. The van der Waals surface area contributed by atoms with Crippen molar-refractivity contribution in [3.05, 3.63) is 36.1 Å². The van der Waals surface area contributed by atoms with Gasteiger partial charge in [-0.2, -0.15) is 0 Å². The number of rotatable bonds is 5. The molecule has 7 unspecified atom stereocenters. The molecule has 10 heteroatoms. The molecule has 0 aromatic carbocycles. The summed E-state index contributed by atoms with van der Waals surface area (Å²) in [7, 11) is 0. The first-order chi connectivity index (χ1) is 13.3. The lowest BCUT2D eigenvalue weighted by atomic mass is 9.89. The van der Waals surface area contributed by atoms with Crippen molar-refractivity contribution in [2.75, 3.05) is 13.2 Å². The van der Waals surface area contributed by atoms with E-state index in [4.69, 9.17) is 23.7 Å². The molecule has 0 amide bonds. The maximum Gasteiger partial charge on any atom is 0.341 e. The normalized spacial score (nSPS) is 37.6. The lowest BCUT2D eigenvalue weighted by Gasteiger charge is -2.42. The zero-order valence-electron chi connectivity index (χ0n) is 15.1. The average Bonchev–Trinajstić information content (AvgIpc) is 2.67. The van der Waals surface area contributed by atoms with Crippen LogP contribution in [0.25, 0.3) is 0 Å². The minimum atomic E-state index is -1.60. The van der Waals surface area contributed by atoms with Crippen LogP contribution in [0.4, 0.5) is 0 Å². The van der Waals surface area contributed by atoms with E-state index in [1.165, 1.54) is 19.3 Å². The number of cyclic esters (lactones) is 1. The SMILES string of the molecule is C=CC1C2=CCOC(=O)C2=COC1OC1OC(COC(C)=O)C(O)C(O)C1O. The van der Waals surface area contributed by atoms with E-state index in [1.807, 2.05) is 0 Å². The molecule has 3 rings (SSSR count). The Hall–Kier alpha value is -2.24. The van der Waals surface area contributed by atoms with Gasteiger partial charge in [-0.25, -0.2) is 4.79 Å². The van der Waals surface area contributed by atoms with Crippen molar-refractivity contribution in [2.24, 2.45) is 5.92 Å². The molecule has 0 spiro atoms. The summed E-state index contributed by atoms with van der Waals surface area (Å²) in [4.78, 5) is 22.8. The van der Waals surface area contributed by atoms with Gasteiger partial charge in [-0.05, 0) is 11.6 Å². The number of carbonyl (C=O) groups is 2. The summed E-state index contributed by atoms with van der Waals surface area (Å²) in [6.45, 7) is 4.67. The fourth-order valence-electron chi connectivity index (χ4n) is 3.16. The van der Waals surface area contributed by atoms with Crippen LogP contribution in [0.3, 0.4) is 0 Å². The van der Waals surface area contributed by atoms with Gasteiger partial charge in [0.1, 0.15) is 43.9 Å². The van der Waals surface area contributed by atoms with Crippen LogP contribution in [0.15, 0.2) is 36.1 Å². The molecule has 1 saturated heterocycles. The van der Waals surface area contributed by atoms with Gasteiger partial charge in [0.25, 0.3) is 0 Å². The monoisotopic (exact) mass is 398 g/mol. The van der Waals surface area contributed by atoms with Crippen LogP contribution < -0.4 is 0 Å². The van der Waals surface area contributed by atoms with Crippen molar-refractivity contribution in [1.82, 2.24) is 0 Å². The number of fused-ring (bicyclic) bond motifs is 1. The number of esters is 2. The summed E-state index contributed by atoms with van der Waals surface area (Å²) >= 11 is 0. The number of hydrogen-bond donors (Lipinski definition) is 3. The predicted molar refractivity (Wildman–Crippen MR) is 90.1 cm³/mol. The van der Waals surface area contributed by atoms with E-state index >= 15 is 0 Å². The van der Waals surface area contributed by atoms with E-state index < -0.39 is 54.9 Å². The van der Waals surface area contributed by atoms with E-state index in [-0.39, 0.29) is 18.8 Å². The molecule has 0 aliphatic carbocycles. The molecule has 3 aliphatic heterocycles. The van der Waals surface area contributed by atoms with Gasteiger partial charge in [0.05, 0.1) is 11.5 Å². The first kappa shape index (κ1) is 20.5. The molecular formula is C18H22O10. The Labute approximate surface area is 160 Å². The van der Waals surface area contributed by atoms with Crippen LogP contribution in [0.2, 0.25) is 0 Å². The molecule has 7 atom stereocenters. The highest BCUT2D eigenvalue weighted by molar-refractivity contribution is 5.94. The Balaban J connectivity index is 1.74. The van der Waals surface area contributed by atoms with Crippen LogP contribution in [0, 0.1) is 5.92 Å². The first-order valence-corrected chi connectivity index (χ1v) is 8.67. The lowest BCUT2D eigenvalue weighted by Crippen LogP contribution is -2.60. The van der Waals surface area contributed by atoms with Gasteiger partial charge >= 0.3 is 11.9 Å². The molecule has 0 saturated carbocycles. The lowest BCUT2D eigenvalue weighted by molar-refractivity contribution is -0.336. The minimum absolute atomic E-state index is 0.0977. The van der Waals surface area contributed by atoms with E-state index in [0.717, 1.165) is 0 Å². The maximum atomic E-state index is 11.8. The zero-order valence-corrected chi connectivity index (χ0v) is 15.1. The summed E-state index contributed by atoms with van der Waals surface area (Å²) in [6.07, 6.45) is -3.81. The van der Waals surface area contributed by atoms with Crippen LogP contribution in [-0.2, 0) is 33.3 Å². The van der Waals surface area contributed by atoms with Gasteiger partial charge in [-0.1, -0.05) is 6.08 Å². The number of aliphatic hydroxyl groups excluding tert-OH is 3. The van der Waals surface area contributed by atoms with Crippen molar-refractivity contribution < 1.29 is 48.6 Å². The molecule has 3 N–H and O–H groups in total. The molecule has 0 bridgehead atoms. The quantitative estimate of drug-likeness (QED) is 0.386. The highest BCUT2D eigenvalue weighted by atomic mass is 16.8. The standard InChI is InChI=1S/C18H22O10/c1-3-9-10-4-5-24-16(23)11(10)6-26-17(9)28-18-15(22)14(21)13(20)12(27-18)7-25-8(2)19/h3-4,6,9,12-15,17-18,20-22H,1,5,7H2,2H3. The summed E-state index contributed by atoms with van der Waals surface area (Å²) in [6, 6.07) is 0. The average molecular weight is 398 g/mol. The minimum Gasteiger partial charge on any atom is -0.471 e. The van der Waals surface area contributed by atoms with Gasteiger partial charge in [0.15, 0.2) is 6.29 Å². The third-order valence-corrected chi connectivity index (χ3v) is 4.66.